The first-order chi connectivity index (χ1) is 23.5. The van der Waals surface area contributed by atoms with Gasteiger partial charge >= 0.3 is 11.9 Å². The average Bonchev–Trinajstić information content (AvgIpc) is 3.45. The molecule has 0 radical (unpaired) electrons. The van der Waals surface area contributed by atoms with E-state index in [1.54, 1.807) is 30.0 Å². The third-order valence-corrected chi connectivity index (χ3v) is 9.74. The molecule has 0 saturated carbocycles. The second kappa shape index (κ2) is 15.1. The molecule has 1 aromatic heterocycles. The molecule has 0 spiro atoms. The van der Waals surface area contributed by atoms with Gasteiger partial charge in [0.2, 0.25) is 5.91 Å². The lowest BCUT2D eigenvalue weighted by molar-refractivity contribution is -0.144. The average molecular weight is 678 g/mol. The van der Waals surface area contributed by atoms with Crippen molar-refractivity contribution in [2.45, 2.75) is 57.7 Å². The molecular weight excluding hydrogens is 635 g/mol. The first kappa shape index (κ1) is 35.4. The summed E-state index contributed by atoms with van der Waals surface area (Å²) in [7, 11) is 0. The van der Waals surface area contributed by atoms with Crippen molar-refractivity contribution in [1.29, 1.82) is 0 Å². The van der Waals surface area contributed by atoms with Crippen LogP contribution in [-0.2, 0) is 19.7 Å². The summed E-state index contributed by atoms with van der Waals surface area (Å²) < 4.78 is 7.23. The van der Waals surface area contributed by atoms with E-state index in [2.05, 4.69) is 0 Å². The Morgan fingerprint density at radius 2 is 1.41 bits per heavy atom. The zero-order valence-corrected chi connectivity index (χ0v) is 29.4. The summed E-state index contributed by atoms with van der Waals surface area (Å²) in [4.78, 5) is 47.4. The maximum absolute atomic E-state index is 15.1. The number of imidazole rings is 1. The molecule has 5 aromatic rings. The number of thioether (sulfide) groups is 1. The Hall–Kier alpha value is -4.89. The van der Waals surface area contributed by atoms with Crippen molar-refractivity contribution in [3.8, 4) is 0 Å². The van der Waals surface area contributed by atoms with Gasteiger partial charge in [-0.05, 0) is 61.1 Å². The molecule has 8 nitrogen and oxygen atoms in total. The third kappa shape index (κ3) is 7.42. The van der Waals surface area contributed by atoms with Gasteiger partial charge in [-0.15, -0.1) is 0 Å². The molecule has 1 atom stereocenters. The highest BCUT2D eigenvalue weighted by Crippen LogP contribution is 2.39. The summed E-state index contributed by atoms with van der Waals surface area (Å²) in [5.74, 6) is -1.07. The standard InChI is InChI=1S/C40H43N3O5S/c1-6-48-36(46)30-22-13-15-24-32(30)42(37(47)40(5,28-18-9-7-10-19-28)29-20-11-8-12-21-29)26-17-27-49-38-41-31-23-14-16-25-33(31)43(38)34(35(44)45)39(2,3)4/h7-16,18-25,34H,6,17,26-27H2,1-5H3,(H,44,45). The van der Waals surface area contributed by atoms with Crippen LogP contribution < -0.4 is 4.90 Å². The van der Waals surface area contributed by atoms with Gasteiger partial charge in [0.1, 0.15) is 6.04 Å². The number of aromatic nitrogens is 2. The number of fused-ring (bicyclic) bond motifs is 1. The van der Waals surface area contributed by atoms with Crippen LogP contribution in [-0.4, -0.2) is 51.4 Å². The van der Waals surface area contributed by atoms with Gasteiger partial charge in [0, 0.05) is 12.3 Å². The molecule has 4 aromatic carbocycles. The number of rotatable bonds is 13. The van der Waals surface area contributed by atoms with Crippen LogP contribution in [0.15, 0.2) is 114 Å². The molecular formula is C40H43N3O5S. The number of carboxylic acid groups (broad SMARTS) is 1. The fourth-order valence-electron chi connectivity index (χ4n) is 6.28. The van der Waals surface area contributed by atoms with E-state index in [0.29, 0.717) is 35.1 Å². The number of carbonyl (C=O) groups is 3. The number of carbonyl (C=O) groups excluding carboxylic acids is 2. The van der Waals surface area contributed by atoms with Crippen molar-refractivity contribution in [1.82, 2.24) is 9.55 Å². The van der Waals surface area contributed by atoms with Crippen LogP contribution in [0.1, 0.15) is 68.6 Å². The second-order valence-corrected chi connectivity index (χ2v) is 14.2. The van der Waals surface area contributed by atoms with Gasteiger partial charge in [0.15, 0.2) is 5.16 Å². The van der Waals surface area contributed by atoms with Gasteiger partial charge in [-0.2, -0.15) is 0 Å². The summed E-state index contributed by atoms with van der Waals surface area (Å²) in [6, 6.07) is 33.1. The molecule has 0 fully saturated rings. The predicted octanol–water partition coefficient (Wildman–Crippen LogP) is 8.41. The minimum atomic E-state index is -1.08. The Bertz CT molecular complexity index is 1880. The van der Waals surface area contributed by atoms with Crippen LogP contribution in [0.3, 0.4) is 0 Å². The zero-order valence-electron chi connectivity index (χ0n) is 28.6. The number of esters is 1. The van der Waals surface area contributed by atoms with Crippen LogP contribution in [0.25, 0.3) is 11.0 Å². The maximum Gasteiger partial charge on any atom is 0.340 e. The number of amides is 1. The number of benzene rings is 4. The smallest absolute Gasteiger partial charge is 0.340 e. The lowest BCUT2D eigenvalue weighted by Crippen LogP contribution is -2.47. The lowest BCUT2D eigenvalue weighted by Gasteiger charge is -2.36. The summed E-state index contributed by atoms with van der Waals surface area (Å²) >= 11 is 1.46. The van der Waals surface area contributed by atoms with Gasteiger partial charge in [-0.25, -0.2) is 14.6 Å². The Balaban J connectivity index is 1.52. The largest absolute Gasteiger partial charge is 0.480 e. The van der Waals surface area contributed by atoms with E-state index < -0.39 is 28.8 Å². The number of hydrogen-bond donors (Lipinski definition) is 1. The van der Waals surface area contributed by atoms with Gasteiger partial charge in [0.25, 0.3) is 0 Å². The molecule has 1 heterocycles. The SMILES string of the molecule is CCOC(=O)c1ccccc1N(CCCSc1nc2ccccc2n1C(C(=O)O)C(C)(C)C)C(=O)C(C)(c1ccccc1)c1ccccc1. The molecule has 5 rings (SSSR count). The Morgan fingerprint density at radius 1 is 0.837 bits per heavy atom. The number of ether oxygens (including phenoxy) is 1. The normalized spacial score (nSPS) is 12.4. The number of nitrogens with zero attached hydrogens (tertiary/aromatic N) is 3. The van der Waals surface area contributed by atoms with Crippen LogP contribution in [0, 0.1) is 5.41 Å². The molecule has 254 valence electrons. The van der Waals surface area contributed by atoms with E-state index in [-0.39, 0.29) is 12.5 Å². The molecule has 0 aliphatic heterocycles. The molecule has 1 unspecified atom stereocenters. The predicted molar refractivity (Wildman–Crippen MR) is 195 cm³/mol. The zero-order chi connectivity index (χ0) is 35.2. The minimum Gasteiger partial charge on any atom is -0.480 e. The van der Waals surface area contributed by atoms with Gasteiger partial charge in [-0.1, -0.05) is 117 Å². The number of anilines is 1. The molecule has 0 saturated heterocycles. The molecule has 9 heteroatoms. The minimum absolute atomic E-state index is 0.183. The van der Waals surface area contributed by atoms with E-state index in [4.69, 9.17) is 9.72 Å². The maximum atomic E-state index is 15.1. The second-order valence-electron chi connectivity index (χ2n) is 13.1. The summed E-state index contributed by atoms with van der Waals surface area (Å²) in [6.45, 7) is 9.91. The van der Waals surface area contributed by atoms with E-state index in [0.717, 1.165) is 22.2 Å². The molecule has 49 heavy (non-hydrogen) atoms. The molecule has 1 amide bonds. The fraction of sp³-hybridized carbons (Fsp3) is 0.300. The van der Waals surface area contributed by atoms with Crippen molar-refractivity contribution in [2.75, 3.05) is 23.8 Å². The van der Waals surface area contributed by atoms with Crippen LogP contribution >= 0.6 is 11.8 Å². The van der Waals surface area contributed by atoms with E-state index in [1.165, 1.54) is 11.8 Å². The third-order valence-electron chi connectivity index (χ3n) is 8.70. The van der Waals surface area contributed by atoms with Gasteiger partial charge in [0.05, 0.1) is 34.3 Å². The lowest BCUT2D eigenvalue weighted by atomic mass is 9.75. The quantitative estimate of drug-likeness (QED) is 0.0759. The molecule has 0 aliphatic rings. The molecule has 0 aliphatic carbocycles. The van der Waals surface area contributed by atoms with E-state index in [9.17, 15) is 14.7 Å². The fourth-order valence-corrected chi connectivity index (χ4v) is 7.24. The van der Waals surface area contributed by atoms with E-state index in [1.807, 2.05) is 123 Å². The summed E-state index contributed by atoms with van der Waals surface area (Å²) in [6.07, 6.45) is 0.531. The Morgan fingerprint density at radius 3 is 2.00 bits per heavy atom. The van der Waals surface area contributed by atoms with Crippen molar-refractivity contribution in [3.05, 3.63) is 126 Å². The van der Waals surface area contributed by atoms with Crippen LogP contribution in [0.4, 0.5) is 5.69 Å². The van der Waals surface area contributed by atoms with Crippen molar-refractivity contribution in [3.63, 3.8) is 0 Å². The number of carboxylic acids is 1. The highest BCUT2D eigenvalue weighted by atomic mass is 32.2. The topological polar surface area (TPSA) is 102 Å². The van der Waals surface area contributed by atoms with Gasteiger partial charge in [-0.3, -0.25) is 4.79 Å². The first-order valence-corrected chi connectivity index (χ1v) is 17.5. The van der Waals surface area contributed by atoms with Crippen LogP contribution in [0.5, 0.6) is 0 Å². The highest BCUT2D eigenvalue weighted by Gasteiger charge is 2.41. The van der Waals surface area contributed by atoms with Crippen molar-refractivity contribution < 1.29 is 24.2 Å². The summed E-state index contributed by atoms with van der Waals surface area (Å²) in [5.41, 5.74) is 2.27. The monoisotopic (exact) mass is 677 g/mol. The number of hydrogen-bond acceptors (Lipinski definition) is 6. The van der Waals surface area contributed by atoms with Gasteiger partial charge < -0.3 is 19.3 Å². The van der Waals surface area contributed by atoms with Crippen molar-refractivity contribution in [2.24, 2.45) is 5.41 Å². The highest BCUT2D eigenvalue weighted by molar-refractivity contribution is 7.99. The first-order valence-electron chi connectivity index (χ1n) is 16.5. The van der Waals surface area contributed by atoms with Crippen molar-refractivity contribution >= 4 is 46.3 Å². The number of aliphatic carboxylic acids is 1. The van der Waals surface area contributed by atoms with Crippen LogP contribution in [0.2, 0.25) is 0 Å². The number of para-hydroxylation sites is 3. The molecule has 0 bridgehead atoms. The van der Waals surface area contributed by atoms with E-state index >= 15 is 4.79 Å². The Kier molecular flexibility index (Phi) is 10.9. The molecule has 1 N–H and O–H groups in total. The summed E-state index contributed by atoms with van der Waals surface area (Å²) in [5, 5.41) is 10.9. The Labute approximate surface area is 292 Å².